The van der Waals surface area contributed by atoms with Crippen LogP contribution in [0.3, 0.4) is 0 Å². The van der Waals surface area contributed by atoms with E-state index in [1.54, 1.807) is 6.07 Å². The second kappa shape index (κ2) is 10.8. The third kappa shape index (κ3) is 6.30. The van der Waals surface area contributed by atoms with Gasteiger partial charge in [-0.15, -0.1) is 12.4 Å². The molecule has 0 aliphatic carbocycles. The number of imide groups is 1. The van der Waals surface area contributed by atoms with Crippen LogP contribution in [-0.2, 0) is 11.3 Å². The third-order valence-corrected chi connectivity index (χ3v) is 4.48. The lowest BCUT2D eigenvalue weighted by Crippen LogP contribution is -2.51. The van der Waals surface area contributed by atoms with E-state index in [-0.39, 0.29) is 36.7 Å². The fraction of sp³-hybridized carbons (Fsp3) is 0.300. The first kappa shape index (κ1) is 21.8. The number of nitrogens with one attached hydrogen (secondary N) is 3. The summed E-state index contributed by atoms with van der Waals surface area (Å²) >= 11 is 0. The number of carbonyl (C=O) groups is 2. The average Bonchev–Trinajstić information content (AvgIpc) is 2.67. The van der Waals surface area contributed by atoms with E-state index in [9.17, 15) is 14.0 Å². The van der Waals surface area contributed by atoms with E-state index in [1.807, 2.05) is 41.3 Å². The van der Waals surface area contributed by atoms with E-state index in [4.69, 9.17) is 0 Å². The van der Waals surface area contributed by atoms with Crippen LogP contribution in [-0.4, -0.2) is 43.0 Å². The van der Waals surface area contributed by atoms with Crippen LogP contribution < -0.4 is 16.0 Å². The number of carbonyl (C=O) groups excluding carboxylic acids is 2. The van der Waals surface area contributed by atoms with Crippen LogP contribution in [0, 0.1) is 5.82 Å². The van der Waals surface area contributed by atoms with E-state index in [1.165, 1.54) is 12.1 Å². The molecule has 1 saturated heterocycles. The predicted molar refractivity (Wildman–Crippen MR) is 108 cm³/mol. The van der Waals surface area contributed by atoms with Gasteiger partial charge in [0.1, 0.15) is 5.82 Å². The lowest BCUT2D eigenvalue weighted by atomic mass is 10.0. The van der Waals surface area contributed by atoms with Crippen molar-refractivity contribution in [3.63, 3.8) is 0 Å². The molecule has 1 unspecified atom stereocenters. The van der Waals surface area contributed by atoms with Crippen LogP contribution in [0.5, 0.6) is 0 Å². The Balaban J connectivity index is 0.00000280. The summed E-state index contributed by atoms with van der Waals surface area (Å²) in [6.07, 6.45) is 0. The minimum absolute atomic E-state index is 0. The maximum absolute atomic E-state index is 13.5. The van der Waals surface area contributed by atoms with Crippen LogP contribution in [0.2, 0.25) is 0 Å². The lowest BCUT2D eigenvalue weighted by Gasteiger charge is -2.35. The van der Waals surface area contributed by atoms with Crippen LogP contribution in [0.4, 0.5) is 9.18 Å². The first-order valence-corrected chi connectivity index (χ1v) is 8.93. The zero-order valence-electron chi connectivity index (χ0n) is 15.4. The summed E-state index contributed by atoms with van der Waals surface area (Å²) in [5.41, 5.74) is 1.76. The molecule has 0 aromatic heterocycles. The van der Waals surface area contributed by atoms with Crippen LogP contribution in [0.15, 0.2) is 54.6 Å². The Morgan fingerprint density at radius 2 is 1.93 bits per heavy atom. The van der Waals surface area contributed by atoms with Crippen molar-refractivity contribution in [2.45, 2.75) is 12.6 Å². The summed E-state index contributed by atoms with van der Waals surface area (Å²) in [4.78, 5) is 26.2. The van der Waals surface area contributed by atoms with Crippen molar-refractivity contribution in [3.8, 4) is 0 Å². The molecular weight excluding hydrogens is 383 g/mol. The van der Waals surface area contributed by atoms with Crippen molar-refractivity contribution in [2.75, 3.05) is 26.2 Å². The van der Waals surface area contributed by atoms with Gasteiger partial charge in [0.2, 0.25) is 5.91 Å². The normalized spacial score (nSPS) is 16.7. The van der Waals surface area contributed by atoms with E-state index >= 15 is 0 Å². The number of amides is 3. The third-order valence-electron chi connectivity index (χ3n) is 4.48. The molecule has 3 N–H and O–H groups in total. The fourth-order valence-corrected chi connectivity index (χ4v) is 3.15. The van der Waals surface area contributed by atoms with Gasteiger partial charge in [-0.2, -0.15) is 0 Å². The van der Waals surface area contributed by atoms with Gasteiger partial charge in [-0.3, -0.25) is 15.0 Å². The first-order chi connectivity index (χ1) is 13.1. The van der Waals surface area contributed by atoms with Crippen molar-refractivity contribution in [2.24, 2.45) is 0 Å². The molecule has 1 aliphatic heterocycles. The summed E-state index contributed by atoms with van der Waals surface area (Å²) in [5.74, 6) is -0.688. The number of piperazine rings is 1. The summed E-state index contributed by atoms with van der Waals surface area (Å²) in [7, 11) is 0. The van der Waals surface area contributed by atoms with Gasteiger partial charge in [0.05, 0.1) is 6.54 Å². The molecule has 3 amide bonds. The van der Waals surface area contributed by atoms with E-state index in [0.717, 1.165) is 17.7 Å². The molecule has 3 rings (SSSR count). The number of urea groups is 1. The highest BCUT2D eigenvalue weighted by Crippen LogP contribution is 2.22. The molecular formula is C20H24ClFN4O2. The van der Waals surface area contributed by atoms with Gasteiger partial charge in [-0.1, -0.05) is 42.5 Å². The minimum atomic E-state index is -0.527. The highest BCUT2D eigenvalue weighted by molar-refractivity contribution is 5.95. The average molecular weight is 407 g/mol. The van der Waals surface area contributed by atoms with E-state index in [0.29, 0.717) is 19.6 Å². The molecule has 1 heterocycles. The Kier molecular flexibility index (Phi) is 8.38. The molecule has 0 spiro atoms. The molecule has 1 fully saturated rings. The molecule has 0 radical (unpaired) electrons. The van der Waals surface area contributed by atoms with Gasteiger partial charge >= 0.3 is 6.03 Å². The largest absolute Gasteiger partial charge is 0.334 e. The smallest absolute Gasteiger partial charge is 0.321 e. The second-order valence-electron chi connectivity index (χ2n) is 6.46. The van der Waals surface area contributed by atoms with Crippen molar-refractivity contribution >= 4 is 24.3 Å². The highest BCUT2D eigenvalue weighted by Gasteiger charge is 2.26. The Morgan fingerprint density at radius 3 is 2.68 bits per heavy atom. The van der Waals surface area contributed by atoms with Gasteiger partial charge in [-0.05, 0) is 23.3 Å². The van der Waals surface area contributed by atoms with Gasteiger partial charge in [0.15, 0.2) is 0 Å². The Morgan fingerprint density at radius 1 is 1.14 bits per heavy atom. The van der Waals surface area contributed by atoms with Gasteiger partial charge in [0.25, 0.3) is 0 Å². The molecule has 0 saturated carbocycles. The number of benzene rings is 2. The quantitative estimate of drug-likeness (QED) is 0.712. The number of nitrogens with zero attached hydrogens (tertiary/aromatic N) is 1. The maximum Gasteiger partial charge on any atom is 0.321 e. The fourth-order valence-electron chi connectivity index (χ4n) is 3.15. The van der Waals surface area contributed by atoms with Crippen molar-refractivity contribution < 1.29 is 14.0 Å². The Bertz CT molecular complexity index is 791. The highest BCUT2D eigenvalue weighted by atomic mass is 35.5. The number of halogens is 2. The summed E-state index contributed by atoms with van der Waals surface area (Å²) in [6, 6.07) is 15.2. The molecule has 2 aromatic carbocycles. The molecule has 150 valence electrons. The predicted octanol–water partition coefficient (Wildman–Crippen LogP) is 2.22. The number of hydrogen-bond acceptors (Lipinski definition) is 4. The molecule has 6 nitrogen and oxygen atoms in total. The van der Waals surface area contributed by atoms with Gasteiger partial charge in [-0.25, -0.2) is 9.18 Å². The van der Waals surface area contributed by atoms with E-state index < -0.39 is 6.03 Å². The molecule has 8 heteroatoms. The topological polar surface area (TPSA) is 73.5 Å². The Labute approximate surface area is 169 Å². The first-order valence-electron chi connectivity index (χ1n) is 8.93. The SMILES string of the molecule is Cl.O=C(CN1CCNCC1c1cccc(F)c1)NC(=O)NCc1ccccc1. The summed E-state index contributed by atoms with van der Waals surface area (Å²) in [6.45, 7) is 2.41. The summed E-state index contributed by atoms with van der Waals surface area (Å²) < 4.78 is 13.5. The van der Waals surface area contributed by atoms with Crippen molar-refractivity contribution in [1.82, 2.24) is 20.9 Å². The monoisotopic (exact) mass is 406 g/mol. The lowest BCUT2D eigenvalue weighted by molar-refractivity contribution is -0.122. The Hall–Kier alpha value is -2.48. The van der Waals surface area contributed by atoms with Gasteiger partial charge in [0, 0.05) is 32.2 Å². The van der Waals surface area contributed by atoms with E-state index in [2.05, 4.69) is 16.0 Å². The summed E-state index contributed by atoms with van der Waals surface area (Å²) in [5, 5.41) is 8.28. The van der Waals surface area contributed by atoms with Gasteiger partial charge < -0.3 is 10.6 Å². The van der Waals surface area contributed by atoms with Crippen LogP contribution in [0.25, 0.3) is 0 Å². The number of hydrogen-bond donors (Lipinski definition) is 3. The second-order valence-corrected chi connectivity index (χ2v) is 6.46. The van der Waals surface area contributed by atoms with Crippen molar-refractivity contribution in [1.29, 1.82) is 0 Å². The maximum atomic E-state index is 13.5. The van der Waals surface area contributed by atoms with Crippen molar-refractivity contribution in [3.05, 3.63) is 71.5 Å². The molecule has 28 heavy (non-hydrogen) atoms. The zero-order chi connectivity index (χ0) is 19.1. The molecule has 2 aromatic rings. The molecule has 1 aliphatic rings. The zero-order valence-corrected chi connectivity index (χ0v) is 16.2. The molecule has 0 bridgehead atoms. The standard InChI is InChI=1S/C20H23FN4O2.ClH/c21-17-8-4-7-16(11-17)18-13-22-9-10-25(18)14-19(26)24-20(27)23-12-15-5-2-1-3-6-15;/h1-8,11,18,22H,9-10,12-14H2,(H2,23,24,26,27);1H. The number of rotatable bonds is 5. The van der Waals surface area contributed by atoms with Crippen LogP contribution >= 0.6 is 12.4 Å². The molecule has 1 atom stereocenters. The minimum Gasteiger partial charge on any atom is -0.334 e. The van der Waals surface area contributed by atoms with Crippen LogP contribution in [0.1, 0.15) is 17.2 Å².